The smallest absolute Gasteiger partial charge is 0.243 e. The molecule has 0 bridgehead atoms. The van der Waals surface area contributed by atoms with E-state index in [9.17, 15) is 13.2 Å². The van der Waals surface area contributed by atoms with E-state index in [0.717, 1.165) is 44.3 Å². The van der Waals surface area contributed by atoms with Crippen LogP contribution in [0.15, 0.2) is 23.1 Å². The lowest BCUT2D eigenvalue weighted by atomic mass is 10.2. The second kappa shape index (κ2) is 9.82. The highest BCUT2D eigenvalue weighted by Crippen LogP contribution is 2.25. The summed E-state index contributed by atoms with van der Waals surface area (Å²) in [6, 6.07) is 4.91. The highest BCUT2D eigenvalue weighted by atomic mass is 32.2. The summed E-state index contributed by atoms with van der Waals surface area (Å²) in [5.74, 6) is -0.192. The molecule has 2 aliphatic rings. The Hall–Kier alpha value is -1.48. The van der Waals surface area contributed by atoms with Crippen molar-refractivity contribution in [3.63, 3.8) is 0 Å². The topological polar surface area (TPSA) is 84.9 Å². The van der Waals surface area contributed by atoms with Gasteiger partial charge in [-0.25, -0.2) is 8.42 Å². The Bertz CT molecular complexity index is 769. The Kier molecular flexibility index (Phi) is 7.45. The van der Waals surface area contributed by atoms with Gasteiger partial charge in [-0.15, -0.1) is 0 Å². The minimum absolute atomic E-state index is 0.141. The van der Waals surface area contributed by atoms with Crippen LogP contribution in [0.2, 0.25) is 0 Å². The minimum atomic E-state index is -3.52. The van der Waals surface area contributed by atoms with Crippen LogP contribution in [0.5, 0.6) is 0 Å². The third-order valence-electron chi connectivity index (χ3n) is 5.24. The number of piperidine rings is 1. The van der Waals surface area contributed by atoms with Crippen LogP contribution in [-0.4, -0.2) is 57.6 Å². The van der Waals surface area contributed by atoms with Crippen molar-refractivity contribution in [2.45, 2.75) is 56.4 Å². The molecule has 1 atom stereocenters. The van der Waals surface area contributed by atoms with Gasteiger partial charge in [0.05, 0.1) is 30.6 Å². The summed E-state index contributed by atoms with van der Waals surface area (Å²) in [6.07, 6.45) is 5.27. The second-order valence-corrected chi connectivity index (χ2v) is 9.39. The molecule has 156 valence electrons. The van der Waals surface area contributed by atoms with Gasteiger partial charge in [0, 0.05) is 25.4 Å². The van der Waals surface area contributed by atoms with Gasteiger partial charge in [-0.2, -0.15) is 4.31 Å². The van der Waals surface area contributed by atoms with Crippen LogP contribution in [0.1, 0.15) is 44.1 Å². The number of hydrogen-bond donors (Lipinski definition) is 1. The van der Waals surface area contributed by atoms with E-state index >= 15 is 0 Å². The van der Waals surface area contributed by atoms with Crippen LogP contribution in [0.4, 0.5) is 5.69 Å². The Morgan fingerprint density at radius 1 is 1.25 bits per heavy atom. The minimum Gasteiger partial charge on any atom is -0.378 e. The largest absolute Gasteiger partial charge is 0.378 e. The fourth-order valence-electron chi connectivity index (χ4n) is 3.52. The molecule has 1 N–H and O–H groups in total. The number of anilines is 1. The number of ether oxygens (including phenoxy) is 2. The number of sulfonamides is 1. The van der Waals surface area contributed by atoms with E-state index in [2.05, 4.69) is 5.32 Å². The Morgan fingerprint density at radius 3 is 2.75 bits per heavy atom. The molecule has 1 aromatic carbocycles. The van der Waals surface area contributed by atoms with E-state index in [1.54, 1.807) is 18.2 Å². The summed E-state index contributed by atoms with van der Waals surface area (Å²) in [4.78, 5) is 12.5. The van der Waals surface area contributed by atoms with E-state index in [-0.39, 0.29) is 23.3 Å². The quantitative estimate of drug-likeness (QED) is 0.666. The maximum atomic E-state index is 12.9. The van der Waals surface area contributed by atoms with Gasteiger partial charge in [0.1, 0.15) is 0 Å². The zero-order valence-corrected chi connectivity index (χ0v) is 17.3. The number of hydrogen-bond acceptors (Lipinski definition) is 5. The Labute approximate surface area is 167 Å². The first-order valence-electron chi connectivity index (χ1n) is 10.1. The summed E-state index contributed by atoms with van der Waals surface area (Å²) in [5, 5.41) is 2.82. The molecule has 0 saturated carbocycles. The summed E-state index contributed by atoms with van der Waals surface area (Å²) in [7, 11) is -3.52. The van der Waals surface area contributed by atoms with Crippen molar-refractivity contribution in [1.29, 1.82) is 0 Å². The molecule has 0 spiro atoms. The summed E-state index contributed by atoms with van der Waals surface area (Å²) in [6.45, 7) is 4.57. The van der Waals surface area contributed by atoms with Crippen molar-refractivity contribution in [2.24, 2.45) is 0 Å². The lowest BCUT2D eigenvalue weighted by molar-refractivity contribution is -0.117. The standard InChI is InChI=1S/C20H30N2O5S/c1-16-7-8-18(28(24,25)22-10-3-2-4-11-22)14-19(16)21-20(23)9-13-26-15-17-6-5-12-27-17/h7-8,14,17H,2-6,9-13,15H2,1H3,(H,21,23). The third-order valence-corrected chi connectivity index (χ3v) is 7.13. The average molecular weight is 411 g/mol. The van der Waals surface area contributed by atoms with E-state index < -0.39 is 10.0 Å². The van der Waals surface area contributed by atoms with Crippen molar-refractivity contribution in [1.82, 2.24) is 4.31 Å². The Morgan fingerprint density at radius 2 is 2.04 bits per heavy atom. The first-order chi connectivity index (χ1) is 13.5. The first kappa shape index (κ1) is 21.2. The number of rotatable bonds is 8. The molecule has 2 saturated heterocycles. The van der Waals surface area contributed by atoms with E-state index in [4.69, 9.17) is 9.47 Å². The van der Waals surface area contributed by atoms with Gasteiger partial charge in [-0.05, 0) is 50.3 Å². The summed E-state index contributed by atoms with van der Waals surface area (Å²) >= 11 is 0. The molecule has 1 aromatic rings. The zero-order chi connectivity index (χ0) is 20.0. The summed E-state index contributed by atoms with van der Waals surface area (Å²) < 4.78 is 38.2. The van der Waals surface area contributed by atoms with Gasteiger partial charge in [0.25, 0.3) is 0 Å². The lowest BCUT2D eigenvalue weighted by Gasteiger charge is -2.26. The molecule has 2 fully saturated rings. The molecule has 1 amide bonds. The maximum absolute atomic E-state index is 12.9. The third kappa shape index (κ3) is 5.53. The van der Waals surface area contributed by atoms with E-state index in [1.165, 1.54) is 4.31 Å². The van der Waals surface area contributed by atoms with E-state index in [1.807, 2.05) is 6.92 Å². The zero-order valence-electron chi connectivity index (χ0n) is 16.5. The number of nitrogens with one attached hydrogen (secondary N) is 1. The molecular weight excluding hydrogens is 380 g/mol. The van der Waals surface area contributed by atoms with Gasteiger partial charge < -0.3 is 14.8 Å². The molecule has 1 unspecified atom stereocenters. The van der Waals surface area contributed by atoms with Crippen molar-refractivity contribution in [3.8, 4) is 0 Å². The van der Waals surface area contributed by atoms with Crippen LogP contribution in [0, 0.1) is 6.92 Å². The number of nitrogens with zero attached hydrogens (tertiary/aromatic N) is 1. The highest BCUT2D eigenvalue weighted by Gasteiger charge is 2.26. The molecule has 0 radical (unpaired) electrons. The molecule has 28 heavy (non-hydrogen) atoms. The van der Waals surface area contributed by atoms with Crippen LogP contribution < -0.4 is 5.32 Å². The second-order valence-electron chi connectivity index (χ2n) is 7.45. The van der Waals surface area contributed by atoms with Crippen LogP contribution in [-0.2, 0) is 24.3 Å². The maximum Gasteiger partial charge on any atom is 0.243 e. The molecule has 7 nitrogen and oxygen atoms in total. The number of amides is 1. The van der Waals surface area contributed by atoms with Gasteiger partial charge in [0.2, 0.25) is 15.9 Å². The molecule has 0 aliphatic carbocycles. The molecule has 3 rings (SSSR count). The Balaban J connectivity index is 1.55. The molecule has 2 heterocycles. The highest BCUT2D eigenvalue weighted by molar-refractivity contribution is 7.89. The van der Waals surface area contributed by atoms with Crippen molar-refractivity contribution in [3.05, 3.63) is 23.8 Å². The van der Waals surface area contributed by atoms with Crippen molar-refractivity contribution < 1.29 is 22.7 Å². The molecular formula is C20H30N2O5S. The van der Waals surface area contributed by atoms with Gasteiger partial charge in [-0.3, -0.25) is 4.79 Å². The lowest BCUT2D eigenvalue weighted by Crippen LogP contribution is -2.35. The van der Waals surface area contributed by atoms with E-state index in [0.29, 0.717) is 32.0 Å². The number of carbonyl (C=O) groups is 1. The molecule has 2 aliphatic heterocycles. The first-order valence-corrected chi connectivity index (χ1v) is 11.5. The molecule has 8 heteroatoms. The fourth-order valence-corrected chi connectivity index (χ4v) is 5.06. The average Bonchev–Trinajstić information content (AvgIpc) is 3.21. The van der Waals surface area contributed by atoms with Crippen molar-refractivity contribution in [2.75, 3.05) is 38.2 Å². The monoisotopic (exact) mass is 410 g/mol. The number of benzene rings is 1. The van der Waals surface area contributed by atoms with Crippen molar-refractivity contribution >= 4 is 21.6 Å². The van der Waals surface area contributed by atoms with Crippen LogP contribution >= 0.6 is 0 Å². The predicted molar refractivity (Wildman–Crippen MR) is 107 cm³/mol. The SMILES string of the molecule is Cc1ccc(S(=O)(=O)N2CCCCC2)cc1NC(=O)CCOCC1CCCO1. The van der Waals surface area contributed by atoms with Crippen LogP contribution in [0.25, 0.3) is 0 Å². The predicted octanol–water partition coefficient (Wildman–Crippen LogP) is 2.69. The number of aryl methyl sites for hydroxylation is 1. The molecule has 0 aromatic heterocycles. The van der Waals surface area contributed by atoms with Gasteiger partial charge >= 0.3 is 0 Å². The number of carbonyl (C=O) groups excluding carboxylic acids is 1. The van der Waals surface area contributed by atoms with Gasteiger partial charge in [-0.1, -0.05) is 12.5 Å². The van der Waals surface area contributed by atoms with Crippen LogP contribution in [0.3, 0.4) is 0 Å². The normalized spacial score (nSPS) is 21.0. The fraction of sp³-hybridized carbons (Fsp3) is 0.650. The summed E-state index contributed by atoms with van der Waals surface area (Å²) in [5.41, 5.74) is 1.36. The van der Waals surface area contributed by atoms with Gasteiger partial charge in [0.15, 0.2) is 0 Å².